The molecule has 0 N–H and O–H groups in total. The molecule has 0 bridgehead atoms. The average molecular weight is 614 g/mol. The Morgan fingerprint density at radius 3 is 1.60 bits per heavy atom. The first-order chi connectivity index (χ1) is 23.8. The number of benzene rings is 8. The Morgan fingerprint density at radius 2 is 0.854 bits per heavy atom. The Labute approximate surface area is 280 Å². The molecule has 0 atom stereocenters. The number of hydrogen-bond donors (Lipinski definition) is 0. The summed E-state index contributed by atoms with van der Waals surface area (Å²) in [7, 11) is 0. The molecule has 0 saturated carbocycles. The highest BCUT2D eigenvalue weighted by atomic mass is 16.5. The van der Waals surface area contributed by atoms with Crippen molar-refractivity contribution in [1.29, 1.82) is 0 Å². The lowest BCUT2D eigenvalue weighted by atomic mass is 9.90. The van der Waals surface area contributed by atoms with Gasteiger partial charge in [-0.15, -0.1) is 0 Å². The van der Waals surface area contributed by atoms with Gasteiger partial charge in [-0.1, -0.05) is 140 Å². The zero-order chi connectivity index (χ0) is 31.9. The van der Waals surface area contributed by atoms with Crippen LogP contribution in [0.3, 0.4) is 0 Å². The summed E-state index contributed by atoms with van der Waals surface area (Å²) in [6.07, 6.45) is 0. The summed E-state index contributed by atoms with van der Waals surface area (Å²) >= 11 is 0. The van der Waals surface area contributed by atoms with E-state index >= 15 is 0 Å². The second-order valence-corrected chi connectivity index (χ2v) is 12.1. The van der Waals surface area contributed by atoms with Gasteiger partial charge in [-0.05, 0) is 92.9 Å². The van der Waals surface area contributed by atoms with Gasteiger partial charge in [-0.3, -0.25) is 0 Å². The molecular formula is C46H31NO. The quantitative estimate of drug-likeness (QED) is 0.185. The fourth-order valence-electron chi connectivity index (χ4n) is 6.96. The second-order valence-electron chi connectivity index (χ2n) is 12.1. The van der Waals surface area contributed by atoms with E-state index in [0.29, 0.717) is 0 Å². The van der Waals surface area contributed by atoms with E-state index in [9.17, 15) is 0 Å². The number of para-hydroxylation sites is 2. The second kappa shape index (κ2) is 11.8. The van der Waals surface area contributed by atoms with Crippen molar-refractivity contribution in [1.82, 2.24) is 0 Å². The molecule has 0 saturated heterocycles. The molecule has 0 fully saturated rings. The molecule has 0 amide bonds. The van der Waals surface area contributed by atoms with E-state index in [4.69, 9.17) is 4.74 Å². The van der Waals surface area contributed by atoms with Crippen molar-refractivity contribution in [3.05, 3.63) is 188 Å². The smallest absolute Gasteiger partial charge is 0.135 e. The van der Waals surface area contributed by atoms with E-state index in [1.165, 1.54) is 38.8 Å². The summed E-state index contributed by atoms with van der Waals surface area (Å²) in [5.41, 5.74) is 12.8. The maximum atomic E-state index is 6.38. The van der Waals surface area contributed by atoms with Gasteiger partial charge in [-0.2, -0.15) is 0 Å². The fraction of sp³-hybridized carbons (Fsp3) is 0. The Hall–Kier alpha value is -6.38. The monoisotopic (exact) mass is 613 g/mol. The summed E-state index contributed by atoms with van der Waals surface area (Å²) in [5, 5.41) is 2.34. The van der Waals surface area contributed by atoms with Crippen LogP contribution < -0.4 is 9.64 Å². The van der Waals surface area contributed by atoms with Crippen LogP contribution >= 0.6 is 0 Å². The molecule has 2 nitrogen and oxygen atoms in total. The SMILES string of the molecule is c1ccc(-c2ccc(-c3ccc(N(c4ccccc4)c4cccc(-c5ccc6c7c(cccc57)-c5ccccc5O6)c4)cc3)cc2)cc1. The number of ether oxygens (including phenoxy) is 1. The van der Waals surface area contributed by atoms with Gasteiger partial charge in [0.05, 0.1) is 0 Å². The van der Waals surface area contributed by atoms with Crippen LogP contribution in [0.2, 0.25) is 0 Å². The van der Waals surface area contributed by atoms with Crippen molar-refractivity contribution in [2.75, 3.05) is 4.90 Å². The predicted octanol–water partition coefficient (Wildman–Crippen LogP) is 13.1. The van der Waals surface area contributed by atoms with Crippen LogP contribution in [-0.4, -0.2) is 0 Å². The number of rotatable bonds is 6. The zero-order valence-electron chi connectivity index (χ0n) is 26.3. The van der Waals surface area contributed by atoms with Gasteiger partial charge < -0.3 is 9.64 Å². The highest BCUT2D eigenvalue weighted by Gasteiger charge is 2.21. The first-order valence-corrected chi connectivity index (χ1v) is 16.3. The standard InChI is InChI=1S/C46H31NO/c1-3-11-32(12-4-1)33-21-23-34(24-22-33)35-25-27-38(28-26-35)47(37-14-5-2-6-15-37)39-16-9-13-36(31-39)40-29-30-45-46-42(40)18-10-19-43(46)41-17-7-8-20-44(41)48-45/h1-31H. The van der Waals surface area contributed by atoms with E-state index in [2.05, 4.69) is 181 Å². The van der Waals surface area contributed by atoms with Gasteiger partial charge in [0.25, 0.3) is 0 Å². The topological polar surface area (TPSA) is 12.5 Å². The largest absolute Gasteiger partial charge is 0.456 e. The van der Waals surface area contributed by atoms with Crippen molar-refractivity contribution in [3.63, 3.8) is 0 Å². The molecule has 8 aromatic rings. The first kappa shape index (κ1) is 27.9. The fourth-order valence-corrected chi connectivity index (χ4v) is 6.96. The van der Waals surface area contributed by atoms with Crippen LogP contribution in [-0.2, 0) is 0 Å². The van der Waals surface area contributed by atoms with Crippen LogP contribution in [0.25, 0.3) is 55.3 Å². The summed E-state index contributed by atoms with van der Waals surface area (Å²) in [4.78, 5) is 2.33. The van der Waals surface area contributed by atoms with Crippen molar-refractivity contribution in [3.8, 4) is 56.0 Å². The van der Waals surface area contributed by atoms with Crippen molar-refractivity contribution in [2.45, 2.75) is 0 Å². The van der Waals surface area contributed by atoms with Crippen LogP contribution in [0.15, 0.2) is 188 Å². The van der Waals surface area contributed by atoms with Crippen LogP contribution in [0.4, 0.5) is 17.1 Å². The number of hydrogen-bond acceptors (Lipinski definition) is 2. The van der Waals surface area contributed by atoms with Gasteiger partial charge in [-0.25, -0.2) is 0 Å². The minimum Gasteiger partial charge on any atom is -0.456 e. The molecule has 1 heterocycles. The minimum atomic E-state index is 0.903. The molecule has 0 unspecified atom stereocenters. The molecule has 9 rings (SSSR count). The van der Waals surface area contributed by atoms with Crippen LogP contribution in [0.1, 0.15) is 0 Å². The third-order valence-corrected chi connectivity index (χ3v) is 9.28. The van der Waals surface area contributed by atoms with Crippen molar-refractivity contribution >= 4 is 27.8 Å². The Bertz CT molecular complexity index is 2400. The van der Waals surface area contributed by atoms with E-state index in [0.717, 1.165) is 45.1 Å². The molecule has 1 aliphatic heterocycles. The Kier molecular flexibility index (Phi) is 6.84. The molecule has 2 heteroatoms. The number of fused-ring (bicyclic) bond motifs is 2. The maximum Gasteiger partial charge on any atom is 0.135 e. The molecule has 48 heavy (non-hydrogen) atoms. The van der Waals surface area contributed by atoms with Gasteiger partial charge in [0, 0.05) is 28.0 Å². The van der Waals surface area contributed by atoms with Gasteiger partial charge in [0.15, 0.2) is 0 Å². The molecule has 0 spiro atoms. The zero-order valence-corrected chi connectivity index (χ0v) is 26.3. The van der Waals surface area contributed by atoms with Crippen molar-refractivity contribution < 1.29 is 4.74 Å². The van der Waals surface area contributed by atoms with E-state index < -0.39 is 0 Å². The van der Waals surface area contributed by atoms with Crippen LogP contribution in [0.5, 0.6) is 11.5 Å². The molecule has 0 radical (unpaired) electrons. The third-order valence-electron chi connectivity index (χ3n) is 9.28. The number of anilines is 3. The molecule has 1 aliphatic rings. The summed E-state index contributed by atoms with van der Waals surface area (Å²) in [6, 6.07) is 66.8. The lowest BCUT2D eigenvalue weighted by Crippen LogP contribution is -2.09. The van der Waals surface area contributed by atoms with E-state index in [-0.39, 0.29) is 0 Å². The van der Waals surface area contributed by atoms with Gasteiger partial charge in [0.1, 0.15) is 11.5 Å². The third kappa shape index (κ3) is 4.92. The molecule has 0 aromatic heterocycles. The molecule has 8 aromatic carbocycles. The molecule has 226 valence electrons. The predicted molar refractivity (Wildman–Crippen MR) is 200 cm³/mol. The molecular weight excluding hydrogens is 583 g/mol. The lowest BCUT2D eigenvalue weighted by molar-refractivity contribution is 0.487. The lowest BCUT2D eigenvalue weighted by Gasteiger charge is -2.26. The minimum absolute atomic E-state index is 0.903. The summed E-state index contributed by atoms with van der Waals surface area (Å²) in [6.45, 7) is 0. The first-order valence-electron chi connectivity index (χ1n) is 16.3. The number of nitrogens with zero attached hydrogens (tertiary/aromatic N) is 1. The van der Waals surface area contributed by atoms with Crippen LogP contribution in [0, 0.1) is 0 Å². The van der Waals surface area contributed by atoms with Gasteiger partial charge >= 0.3 is 0 Å². The average Bonchev–Trinajstić information content (AvgIpc) is 3.16. The highest BCUT2D eigenvalue weighted by Crippen LogP contribution is 2.49. The van der Waals surface area contributed by atoms with E-state index in [1.807, 2.05) is 12.1 Å². The Morgan fingerprint density at radius 1 is 0.312 bits per heavy atom. The van der Waals surface area contributed by atoms with Gasteiger partial charge in [0.2, 0.25) is 0 Å². The van der Waals surface area contributed by atoms with E-state index in [1.54, 1.807) is 0 Å². The highest BCUT2D eigenvalue weighted by molar-refractivity contribution is 6.10. The maximum absolute atomic E-state index is 6.38. The molecule has 0 aliphatic carbocycles. The normalized spacial score (nSPS) is 11.5. The Balaban J connectivity index is 1.10. The van der Waals surface area contributed by atoms with Crippen molar-refractivity contribution in [2.24, 2.45) is 0 Å². The summed E-state index contributed by atoms with van der Waals surface area (Å²) in [5.74, 6) is 1.81. The summed E-state index contributed by atoms with van der Waals surface area (Å²) < 4.78 is 6.38.